The van der Waals surface area contributed by atoms with Gasteiger partial charge >= 0.3 is 0 Å². The van der Waals surface area contributed by atoms with Gasteiger partial charge in [0, 0.05) is 31.7 Å². The molecule has 112 valence electrons. The predicted octanol–water partition coefficient (Wildman–Crippen LogP) is 3.60. The first-order valence-corrected chi connectivity index (χ1v) is 9.02. The highest BCUT2D eigenvalue weighted by molar-refractivity contribution is 9.10. The zero-order valence-electron chi connectivity index (χ0n) is 12.5. The van der Waals surface area contributed by atoms with Crippen LogP contribution in [-0.2, 0) is 6.54 Å². The van der Waals surface area contributed by atoms with E-state index in [0.717, 1.165) is 23.5 Å². The van der Waals surface area contributed by atoms with Crippen LogP contribution in [0.1, 0.15) is 18.4 Å². The minimum absolute atomic E-state index is 0.839. The highest BCUT2D eigenvalue weighted by atomic mass is 79.9. The van der Waals surface area contributed by atoms with Gasteiger partial charge in [0.25, 0.3) is 0 Å². The van der Waals surface area contributed by atoms with Crippen LogP contribution in [0.15, 0.2) is 33.7 Å². The molecule has 0 radical (unpaired) electrons. The Morgan fingerprint density at radius 1 is 1.35 bits per heavy atom. The zero-order valence-corrected chi connectivity index (χ0v) is 14.9. The van der Waals surface area contributed by atoms with Crippen LogP contribution in [0.5, 0.6) is 0 Å². The molecule has 1 rings (SSSR count). The summed E-state index contributed by atoms with van der Waals surface area (Å²) in [6.45, 7) is 1.82. The second-order valence-corrected chi connectivity index (χ2v) is 6.46. The molecule has 1 aromatic carbocycles. The van der Waals surface area contributed by atoms with Crippen molar-refractivity contribution >= 4 is 33.7 Å². The predicted molar refractivity (Wildman–Crippen MR) is 94.6 cm³/mol. The summed E-state index contributed by atoms with van der Waals surface area (Å²) < 4.78 is 1.14. The number of halogens is 1. The van der Waals surface area contributed by atoms with Gasteiger partial charge in [-0.25, -0.2) is 0 Å². The summed E-state index contributed by atoms with van der Waals surface area (Å²) >= 11 is 5.49. The Bertz CT molecular complexity index is 423. The molecule has 0 atom stereocenters. The van der Waals surface area contributed by atoms with Crippen LogP contribution in [0.4, 0.5) is 0 Å². The van der Waals surface area contributed by atoms with E-state index in [-0.39, 0.29) is 0 Å². The van der Waals surface area contributed by atoms with Crippen molar-refractivity contribution in [2.24, 2.45) is 4.99 Å². The normalized spacial score (nSPS) is 11.5. The number of nitrogens with zero attached hydrogens (tertiary/aromatic N) is 2. The lowest BCUT2D eigenvalue weighted by atomic mass is 10.2. The number of nitrogens with one attached hydrogen (secondary N) is 1. The van der Waals surface area contributed by atoms with Crippen LogP contribution in [-0.4, -0.2) is 43.5 Å². The summed E-state index contributed by atoms with van der Waals surface area (Å²) in [6, 6.07) is 8.30. The highest BCUT2D eigenvalue weighted by Crippen LogP contribution is 2.17. The van der Waals surface area contributed by atoms with E-state index >= 15 is 0 Å². The van der Waals surface area contributed by atoms with Gasteiger partial charge in [-0.1, -0.05) is 34.1 Å². The fourth-order valence-electron chi connectivity index (χ4n) is 1.91. The Morgan fingerprint density at radius 2 is 2.10 bits per heavy atom. The van der Waals surface area contributed by atoms with Gasteiger partial charge in [-0.3, -0.25) is 4.99 Å². The van der Waals surface area contributed by atoms with E-state index in [1.165, 1.54) is 24.2 Å². The third-order valence-electron chi connectivity index (χ3n) is 3.00. The van der Waals surface area contributed by atoms with Crippen LogP contribution < -0.4 is 5.32 Å². The number of benzene rings is 1. The third-order valence-corrected chi connectivity index (χ3v) is 4.47. The first-order valence-electron chi connectivity index (χ1n) is 6.83. The molecular formula is C15H24BrN3S. The molecule has 0 aliphatic rings. The van der Waals surface area contributed by atoms with Gasteiger partial charge < -0.3 is 10.2 Å². The van der Waals surface area contributed by atoms with Crippen LogP contribution in [0.3, 0.4) is 0 Å². The Kier molecular flexibility index (Phi) is 8.78. The minimum atomic E-state index is 0.839. The second kappa shape index (κ2) is 10.1. The average Bonchev–Trinajstić information content (AvgIpc) is 2.45. The van der Waals surface area contributed by atoms with Crippen molar-refractivity contribution in [2.75, 3.05) is 32.6 Å². The van der Waals surface area contributed by atoms with Gasteiger partial charge in [-0.15, -0.1) is 0 Å². The lowest BCUT2D eigenvalue weighted by molar-refractivity contribution is 0.474. The van der Waals surface area contributed by atoms with Crippen molar-refractivity contribution in [2.45, 2.75) is 19.4 Å². The van der Waals surface area contributed by atoms with Gasteiger partial charge in [0.1, 0.15) is 0 Å². The van der Waals surface area contributed by atoms with E-state index in [1.807, 2.05) is 24.9 Å². The van der Waals surface area contributed by atoms with Gasteiger partial charge in [-0.05, 0) is 36.5 Å². The Balaban J connectivity index is 2.43. The van der Waals surface area contributed by atoms with Crippen molar-refractivity contribution in [3.8, 4) is 0 Å². The molecule has 0 aliphatic carbocycles. The maximum Gasteiger partial charge on any atom is 0.193 e. The number of guanidine groups is 1. The zero-order chi connectivity index (χ0) is 14.8. The molecule has 1 N–H and O–H groups in total. The lowest BCUT2D eigenvalue weighted by Gasteiger charge is -2.22. The maximum atomic E-state index is 4.34. The van der Waals surface area contributed by atoms with Crippen LogP contribution in [0, 0.1) is 0 Å². The number of rotatable bonds is 7. The summed E-state index contributed by atoms with van der Waals surface area (Å²) in [5.74, 6) is 2.18. The Morgan fingerprint density at radius 3 is 2.75 bits per heavy atom. The first-order chi connectivity index (χ1) is 9.69. The Labute approximate surface area is 135 Å². The second-order valence-electron chi connectivity index (χ2n) is 4.62. The van der Waals surface area contributed by atoms with Crippen LogP contribution >= 0.6 is 27.7 Å². The topological polar surface area (TPSA) is 27.6 Å². The number of thioether (sulfide) groups is 1. The first kappa shape index (κ1) is 17.4. The fraction of sp³-hybridized carbons (Fsp3) is 0.533. The molecule has 3 nitrogen and oxygen atoms in total. The van der Waals surface area contributed by atoms with Crippen LogP contribution in [0.2, 0.25) is 0 Å². The summed E-state index contributed by atoms with van der Waals surface area (Å²) in [7, 11) is 3.90. The standard InChI is InChI=1S/C15H24BrN3S/c1-17-15(18-10-6-7-11-20-3)19(2)12-13-8-4-5-9-14(13)16/h4-5,8-9H,6-7,10-12H2,1-3H3,(H,17,18). The average molecular weight is 358 g/mol. The van der Waals surface area contributed by atoms with Gasteiger partial charge in [0.2, 0.25) is 0 Å². The molecule has 0 spiro atoms. The van der Waals surface area contributed by atoms with E-state index in [9.17, 15) is 0 Å². The molecule has 0 saturated carbocycles. The quantitative estimate of drug-likeness (QED) is 0.459. The molecule has 0 heterocycles. The number of hydrogen-bond acceptors (Lipinski definition) is 2. The van der Waals surface area contributed by atoms with Crippen molar-refractivity contribution < 1.29 is 0 Å². The molecule has 0 amide bonds. The summed E-state index contributed by atoms with van der Waals surface area (Å²) in [5, 5.41) is 3.42. The SMILES string of the molecule is CN=C(NCCCCSC)N(C)Cc1ccccc1Br. The highest BCUT2D eigenvalue weighted by Gasteiger charge is 2.07. The van der Waals surface area contributed by atoms with Crippen molar-refractivity contribution in [1.29, 1.82) is 0 Å². The van der Waals surface area contributed by atoms with Crippen LogP contribution in [0.25, 0.3) is 0 Å². The molecule has 0 bridgehead atoms. The van der Waals surface area contributed by atoms with Crippen molar-refractivity contribution in [1.82, 2.24) is 10.2 Å². The summed E-state index contributed by atoms with van der Waals surface area (Å²) in [6.07, 6.45) is 4.58. The molecule has 0 unspecified atom stereocenters. The van der Waals surface area contributed by atoms with Crippen molar-refractivity contribution in [3.05, 3.63) is 34.3 Å². The Hall–Kier alpha value is -0.680. The third kappa shape index (κ3) is 6.18. The number of hydrogen-bond donors (Lipinski definition) is 1. The molecule has 0 saturated heterocycles. The van der Waals surface area contributed by atoms with E-state index in [1.54, 1.807) is 0 Å². The number of aliphatic imine (C=N–C) groups is 1. The summed E-state index contributed by atoms with van der Waals surface area (Å²) in [5.41, 5.74) is 1.26. The fourth-order valence-corrected chi connectivity index (χ4v) is 2.82. The largest absolute Gasteiger partial charge is 0.356 e. The summed E-state index contributed by atoms with van der Waals surface area (Å²) in [4.78, 5) is 6.49. The molecular weight excluding hydrogens is 334 g/mol. The smallest absolute Gasteiger partial charge is 0.193 e. The minimum Gasteiger partial charge on any atom is -0.356 e. The molecule has 5 heteroatoms. The molecule has 0 aromatic heterocycles. The monoisotopic (exact) mass is 357 g/mol. The maximum absolute atomic E-state index is 4.34. The van der Waals surface area contributed by atoms with E-state index in [2.05, 4.69) is 62.6 Å². The number of unbranched alkanes of at least 4 members (excludes halogenated alkanes) is 1. The van der Waals surface area contributed by atoms with Gasteiger partial charge in [0.15, 0.2) is 5.96 Å². The van der Waals surface area contributed by atoms with Gasteiger partial charge in [0.05, 0.1) is 0 Å². The van der Waals surface area contributed by atoms with E-state index in [0.29, 0.717) is 0 Å². The van der Waals surface area contributed by atoms with Crippen molar-refractivity contribution in [3.63, 3.8) is 0 Å². The van der Waals surface area contributed by atoms with Gasteiger partial charge in [-0.2, -0.15) is 11.8 Å². The molecule has 1 aromatic rings. The lowest BCUT2D eigenvalue weighted by Crippen LogP contribution is -2.38. The molecule has 0 aliphatic heterocycles. The van der Waals surface area contributed by atoms with E-state index < -0.39 is 0 Å². The van der Waals surface area contributed by atoms with E-state index in [4.69, 9.17) is 0 Å². The molecule has 20 heavy (non-hydrogen) atoms. The molecule has 0 fully saturated rings.